The highest BCUT2D eigenvalue weighted by Crippen LogP contribution is 2.24. The van der Waals surface area contributed by atoms with E-state index in [-0.39, 0.29) is 0 Å². The van der Waals surface area contributed by atoms with E-state index in [1.54, 1.807) is 0 Å². The molecular weight excluding hydrogens is 516 g/mol. The van der Waals surface area contributed by atoms with Gasteiger partial charge in [-0.25, -0.2) is 9.36 Å². The maximum absolute atomic E-state index is 4.41. The molecule has 0 saturated heterocycles. The molecule has 2 aromatic heterocycles. The van der Waals surface area contributed by atoms with E-state index in [4.69, 9.17) is 0 Å². The van der Waals surface area contributed by atoms with Crippen molar-refractivity contribution >= 4 is 0 Å². The number of nitrogens with zero attached hydrogens (tertiary/aromatic N) is 6. The van der Waals surface area contributed by atoms with E-state index in [0.717, 1.165) is 22.5 Å². The van der Waals surface area contributed by atoms with Crippen molar-refractivity contribution in [2.45, 2.75) is 13.1 Å². The van der Waals surface area contributed by atoms with Crippen LogP contribution in [0.15, 0.2) is 146 Å². The van der Waals surface area contributed by atoms with Crippen LogP contribution in [0.4, 0.5) is 0 Å². The van der Waals surface area contributed by atoms with Crippen molar-refractivity contribution in [3.05, 3.63) is 157 Å². The molecule has 0 spiro atoms. The molecule has 0 aliphatic rings. The van der Waals surface area contributed by atoms with Gasteiger partial charge in [-0.2, -0.15) is 0 Å². The van der Waals surface area contributed by atoms with Crippen molar-refractivity contribution in [2.24, 2.45) is 0 Å². The third-order valence-corrected chi connectivity index (χ3v) is 7.36. The van der Waals surface area contributed by atoms with Gasteiger partial charge in [0.05, 0.1) is 25.5 Å². The molecule has 0 atom stereocenters. The van der Waals surface area contributed by atoms with Gasteiger partial charge in [0.15, 0.2) is 0 Å². The molecular formula is C36H28N6. The molecule has 0 aliphatic heterocycles. The molecule has 0 fully saturated rings. The highest BCUT2D eigenvalue weighted by atomic mass is 15.4. The van der Waals surface area contributed by atoms with Crippen LogP contribution >= 0.6 is 0 Å². The fraction of sp³-hybridized carbons (Fsp3) is 0.0556. The lowest BCUT2D eigenvalue weighted by molar-refractivity contribution is 0.650. The van der Waals surface area contributed by atoms with Crippen LogP contribution in [0.5, 0.6) is 0 Å². The molecule has 0 N–H and O–H groups in total. The first kappa shape index (κ1) is 25.4. The van der Waals surface area contributed by atoms with Gasteiger partial charge in [0, 0.05) is 11.1 Å². The van der Waals surface area contributed by atoms with Crippen LogP contribution in [0.25, 0.3) is 44.8 Å². The van der Waals surface area contributed by atoms with E-state index in [1.807, 2.05) is 33.9 Å². The zero-order chi connectivity index (χ0) is 28.1. The Morgan fingerprint density at radius 1 is 0.357 bits per heavy atom. The average Bonchev–Trinajstić information content (AvgIpc) is 3.73. The van der Waals surface area contributed by atoms with Gasteiger partial charge < -0.3 is 0 Å². The molecule has 0 bridgehead atoms. The topological polar surface area (TPSA) is 61.4 Å². The summed E-state index contributed by atoms with van der Waals surface area (Å²) in [6.07, 6.45) is 3.97. The number of hydrogen-bond donors (Lipinski definition) is 0. The summed E-state index contributed by atoms with van der Waals surface area (Å²) in [7, 11) is 0. The Bertz CT molecular complexity index is 1740. The van der Waals surface area contributed by atoms with Crippen molar-refractivity contribution in [3.63, 3.8) is 0 Å². The van der Waals surface area contributed by atoms with Gasteiger partial charge in [-0.3, -0.25) is 0 Å². The van der Waals surface area contributed by atoms with Gasteiger partial charge in [0.1, 0.15) is 11.4 Å². The summed E-state index contributed by atoms with van der Waals surface area (Å²) < 4.78 is 3.75. The Morgan fingerprint density at radius 2 is 0.690 bits per heavy atom. The van der Waals surface area contributed by atoms with Crippen LogP contribution < -0.4 is 0 Å². The van der Waals surface area contributed by atoms with Crippen molar-refractivity contribution in [3.8, 4) is 44.8 Å². The number of hydrogen-bond acceptors (Lipinski definition) is 4. The first-order valence-corrected chi connectivity index (χ1v) is 14.0. The van der Waals surface area contributed by atoms with Crippen LogP contribution in [0.2, 0.25) is 0 Å². The van der Waals surface area contributed by atoms with Crippen molar-refractivity contribution < 1.29 is 0 Å². The fourth-order valence-corrected chi connectivity index (χ4v) is 5.07. The predicted octanol–water partition coefficient (Wildman–Crippen LogP) is 7.63. The lowest BCUT2D eigenvalue weighted by Crippen LogP contribution is -2.00. The van der Waals surface area contributed by atoms with Gasteiger partial charge in [0.2, 0.25) is 0 Å². The summed E-state index contributed by atoms with van der Waals surface area (Å²) >= 11 is 0. The van der Waals surface area contributed by atoms with Crippen LogP contribution in [-0.4, -0.2) is 30.0 Å². The predicted molar refractivity (Wildman–Crippen MR) is 166 cm³/mol. The normalized spacial score (nSPS) is 11.0. The quantitative estimate of drug-likeness (QED) is 0.197. The molecule has 5 aromatic carbocycles. The molecule has 0 amide bonds. The van der Waals surface area contributed by atoms with E-state index in [2.05, 4.69) is 142 Å². The first-order valence-electron chi connectivity index (χ1n) is 14.0. The van der Waals surface area contributed by atoms with Gasteiger partial charge in [-0.1, -0.05) is 144 Å². The van der Waals surface area contributed by atoms with Gasteiger partial charge in [0.25, 0.3) is 0 Å². The molecule has 0 radical (unpaired) electrons. The molecule has 0 saturated carbocycles. The molecule has 202 valence electrons. The number of rotatable bonds is 8. The van der Waals surface area contributed by atoms with E-state index in [1.165, 1.54) is 33.4 Å². The highest BCUT2D eigenvalue weighted by molar-refractivity contribution is 5.66. The maximum Gasteiger partial charge on any atom is 0.113 e. The summed E-state index contributed by atoms with van der Waals surface area (Å²) in [4.78, 5) is 0. The van der Waals surface area contributed by atoms with E-state index < -0.39 is 0 Å². The van der Waals surface area contributed by atoms with Crippen LogP contribution in [-0.2, 0) is 13.1 Å². The Labute approximate surface area is 244 Å². The molecule has 0 aliphatic carbocycles. The summed E-state index contributed by atoms with van der Waals surface area (Å²) in [5.41, 5.74) is 10.9. The Kier molecular flexibility index (Phi) is 6.92. The van der Waals surface area contributed by atoms with Crippen molar-refractivity contribution in [2.75, 3.05) is 0 Å². The first-order chi connectivity index (χ1) is 20.8. The summed E-state index contributed by atoms with van der Waals surface area (Å²) in [6, 6.07) is 46.2. The standard InChI is InChI=1S/C36H28N6/c1-3-7-29(8-4-1)31-15-11-27(12-16-31)23-41-25-35(37-39-41)33-19-21-34(22-20-33)36-26-42(40-38-36)24-28-13-17-32(18-14-28)30-9-5-2-6-10-30/h1-22,25-26H,23-24H2. The summed E-state index contributed by atoms with van der Waals surface area (Å²) in [5.74, 6) is 0. The van der Waals surface area contributed by atoms with E-state index in [9.17, 15) is 0 Å². The Balaban J connectivity index is 0.987. The van der Waals surface area contributed by atoms with E-state index >= 15 is 0 Å². The summed E-state index contributed by atoms with van der Waals surface area (Å²) in [5, 5.41) is 17.5. The Hall–Kier alpha value is -5.62. The molecule has 6 nitrogen and oxygen atoms in total. The second-order valence-electron chi connectivity index (χ2n) is 10.3. The molecule has 7 rings (SSSR count). The number of aromatic nitrogens is 6. The molecule has 2 heterocycles. The molecule has 7 aromatic rings. The lowest BCUT2D eigenvalue weighted by atomic mass is 10.0. The third-order valence-electron chi connectivity index (χ3n) is 7.36. The lowest BCUT2D eigenvalue weighted by Gasteiger charge is -2.04. The minimum Gasteiger partial charge on any atom is -0.247 e. The van der Waals surface area contributed by atoms with Gasteiger partial charge in [-0.05, 0) is 33.4 Å². The maximum atomic E-state index is 4.41. The van der Waals surface area contributed by atoms with E-state index in [0.29, 0.717) is 13.1 Å². The molecule has 0 unspecified atom stereocenters. The Morgan fingerprint density at radius 3 is 1.07 bits per heavy atom. The van der Waals surface area contributed by atoms with Gasteiger partial charge >= 0.3 is 0 Å². The third kappa shape index (κ3) is 5.64. The minimum atomic E-state index is 0.665. The monoisotopic (exact) mass is 544 g/mol. The van der Waals surface area contributed by atoms with Crippen molar-refractivity contribution in [1.82, 2.24) is 30.0 Å². The average molecular weight is 545 g/mol. The van der Waals surface area contributed by atoms with Crippen molar-refractivity contribution in [1.29, 1.82) is 0 Å². The largest absolute Gasteiger partial charge is 0.247 e. The smallest absolute Gasteiger partial charge is 0.113 e. The fourth-order valence-electron chi connectivity index (χ4n) is 5.07. The molecule has 42 heavy (non-hydrogen) atoms. The highest BCUT2D eigenvalue weighted by Gasteiger charge is 2.09. The van der Waals surface area contributed by atoms with Gasteiger partial charge in [-0.15, -0.1) is 10.2 Å². The van der Waals surface area contributed by atoms with Crippen LogP contribution in [0.3, 0.4) is 0 Å². The second-order valence-corrected chi connectivity index (χ2v) is 10.3. The van der Waals surface area contributed by atoms with Crippen LogP contribution in [0.1, 0.15) is 11.1 Å². The minimum absolute atomic E-state index is 0.665. The SMILES string of the molecule is c1ccc(-c2ccc(Cn3cc(-c4ccc(-c5cn(Cc6ccc(-c7ccccc7)cc6)nn5)cc4)nn3)cc2)cc1. The zero-order valence-corrected chi connectivity index (χ0v) is 23.0. The van der Waals surface area contributed by atoms with Crippen LogP contribution in [0, 0.1) is 0 Å². The number of benzene rings is 5. The molecule has 6 heteroatoms. The zero-order valence-electron chi connectivity index (χ0n) is 23.0. The summed E-state index contributed by atoms with van der Waals surface area (Å²) in [6.45, 7) is 1.33. The second kappa shape index (κ2) is 11.5.